The number of halogens is 1. The molecule has 7 heteroatoms. The van der Waals surface area contributed by atoms with E-state index < -0.39 is 15.8 Å². The second-order valence-corrected chi connectivity index (χ2v) is 5.91. The molecule has 0 spiro atoms. The maximum Gasteiger partial charge on any atom is 0.262 e. The van der Waals surface area contributed by atoms with Crippen LogP contribution in [0, 0.1) is 5.82 Å². The fourth-order valence-electron chi connectivity index (χ4n) is 1.73. The number of nitrogens with one attached hydrogen (secondary N) is 2. The third-order valence-electron chi connectivity index (χ3n) is 2.86. The Hall–Kier alpha value is -2.28. The van der Waals surface area contributed by atoms with Gasteiger partial charge in [0, 0.05) is 18.4 Å². The molecule has 0 saturated heterocycles. The number of benzene rings is 2. The minimum absolute atomic E-state index is 0.00711. The van der Waals surface area contributed by atoms with Gasteiger partial charge in [-0.25, -0.2) is 12.8 Å². The third-order valence-corrected chi connectivity index (χ3v) is 4.24. The van der Waals surface area contributed by atoms with E-state index >= 15 is 0 Å². The molecule has 2 rings (SSSR count). The van der Waals surface area contributed by atoms with E-state index in [0.29, 0.717) is 5.69 Å². The number of anilines is 2. The first-order valence-electron chi connectivity index (χ1n) is 6.10. The van der Waals surface area contributed by atoms with Crippen molar-refractivity contribution >= 4 is 21.4 Å². The number of hydrogen-bond donors (Lipinski definition) is 2. The summed E-state index contributed by atoms with van der Waals surface area (Å²) >= 11 is 0. The van der Waals surface area contributed by atoms with Crippen LogP contribution in [0.5, 0.6) is 5.75 Å². The smallest absolute Gasteiger partial charge is 0.262 e. The number of hydrogen-bond acceptors (Lipinski definition) is 4. The van der Waals surface area contributed by atoms with E-state index in [1.165, 1.54) is 19.2 Å². The summed E-state index contributed by atoms with van der Waals surface area (Å²) in [7, 11) is -0.769. The van der Waals surface area contributed by atoms with E-state index in [9.17, 15) is 12.8 Å². The molecule has 5 nitrogen and oxygen atoms in total. The lowest BCUT2D eigenvalue weighted by Crippen LogP contribution is -2.13. The van der Waals surface area contributed by atoms with Crippen LogP contribution in [-0.4, -0.2) is 22.6 Å². The molecule has 0 radical (unpaired) electrons. The van der Waals surface area contributed by atoms with Crippen LogP contribution < -0.4 is 14.8 Å². The average Bonchev–Trinajstić information content (AvgIpc) is 2.47. The van der Waals surface area contributed by atoms with Crippen LogP contribution in [0.4, 0.5) is 15.8 Å². The largest absolute Gasteiger partial charge is 0.494 e. The molecule has 0 heterocycles. The van der Waals surface area contributed by atoms with Gasteiger partial charge in [0.1, 0.15) is 0 Å². The maximum absolute atomic E-state index is 13.6. The van der Waals surface area contributed by atoms with Crippen LogP contribution in [-0.2, 0) is 10.0 Å². The topological polar surface area (TPSA) is 67.4 Å². The van der Waals surface area contributed by atoms with Gasteiger partial charge in [0.25, 0.3) is 10.0 Å². The Bertz CT molecular complexity index is 730. The lowest BCUT2D eigenvalue weighted by Gasteiger charge is -2.10. The van der Waals surface area contributed by atoms with E-state index in [1.54, 1.807) is 31.3 Å². The van der Waals surface area contributed by atoms with Crippen molar-refractivity contribution in [2.75, 3.05) is 24.2 Å². The molecule has 0 atom stereocenters. The number of rotatable bonds is 5. The molecule has 112 valence electrons. The molecule has 0 amide bonds. The average molecular weight is 310 g/mol. The quantitative estimate of drug-likeness (QED) is 0.891. The van der Waals surface area contributed by atoms with E-state index in [1.807, 2.05) is 0 Å². The summed E-state index contributed by atoms with van der Waals surface area (Å²) in [6, 6.07) is 10.2. The van der Waals surface area contributed by atoms with Crippen molar-refractivity contribution in [1.82, 2.24) is 0 Å². The van der Waals surface area contributed by atoms with Crippen LogP contribution in [0.25, 0.3) is 0 Å². The van der Waals surface area contributed by atoms with Crippen molar-refractivity contribution in [3.8, 4) is 5.75 Å². The van der Waals surface area contributed by atoms with Crippen LogP contribution in [0.15, 0.2) is 47.4 Å². The fraction of sp³-hybridized carbons (Fsp3) is 0.143. The highest BCUT2D eigenvalue weighted by atomic mass is 32.2. The first-order valence-corrected chi connectivity index (χ1v) is 7.59. The minimum atomic E-state index is -3.85. The van der Waals surface area contributed by atoms with Crippen LogP contribution in [0.2, 0.25) is 0 Å². The van der Waals surface area contributed by atoms with Gasteiger partial charge in [-0.05, 0) is 42.5 Å². The second-order valence-electron chi connectivity index (χ2n) is 4.23. The predicted molar refractivity (Wildman–Crippen MR) is 79.7 cm³/mol. The number of methoxy groups -OCH3 is 1. The van der Waals surface area contributed by atoms with Gasteiger partial charge in [0.15, 0.2) is 11.6 Å². The normalized spacial score (nSPS) is 11.0. The monoisotopic (exact) mass is 310 g/mol. The zero-order chi connectivity index (χ0) is 15.5. The van der Waals surface area contributed by atoms with Crippen LogP contribution in [0.3, 0.4) is 0 Å². The first kappa shape index (κ1) is 15.1. The van der Waals surface area contributed by atoms with Crippen molar-refractivity contribution in [1.29, 1.82) is 0 Å². The summed E-state index contributed by atoms with van der Waals surface area (Å²) < 4.78 is 45.1. The Morgan fingerprint density at radius 3 is 2.19 bits per heavy atom. The molecule has 2 aromatic rings. The molecular weight excluding hydrogens is 295 g/mol. The SMILES string of the molecule is CNc1ccc(NS(=O)(=O)c2ccc(OC)c(F)c2)cc1. The van der Waals surface area contributed by atoms with Crippen molar-refractivity contribution in [3.63, 3.8) is 0 Å². The second kappa shape index (κ2) is 6.01. The molecule has 21 heavy (non-hydrogen) atoms. The zero-order valence-corrected chi connectivity index (χ0v) is 12.4. The van der Waals surface area contributed by atoms with Crippen LogP contribution >= 0.6 is 0 Å². The predicted octanol–water partition coefficient (Wildman–Crippen LogP) is 2.68. The van der Waals surface area contributed by atoms with E-state index in [2.05, 4.69) is 10.0 Å². The van der Waals surface area contributed by atoms with Gasteiger partial charge in [0.2, 0.25) is 0 Å². The van der Waals surface area contributed by atoms with Crippen molar-refractivity contribution < 1.29 is 17.5 Å². The van der Waals surface area contributed by atoms with Gasteiger partial charge in [-0.15, -0.1) is 0 Å². The molecule has 0 saturated carbocycles. The number of sulfonamides is 1. The minimum Gasteiger partial charge on any atom is -0.494 e. The summed E-state index contributed by atoms with van der Waals surface area (Å²) in [4.78, 5) is -0.168. The van der Waals surface area contributed by atoms with Gasteiger partial charge < -0.3 is 10.1 Å². The summed E-state index contributed by atoms with van der Waals surface area (Å²) in [6.07, 6.45) is 0. The van der Waals surface area contributed by atoms with Crippen LogP contribution in [0.1, 0.15) is 0 Å². The Balaban J connectivity index is 2.26. The van der Waals surface area contributed by atoms with Gasteiger partial charge in [-0.2, -0.15) is 0 Å². The fourth-order valence-corrected chi connectivity index (χ4v) is 2.80. The molecule has 0 aliphatic heterocycles. The van der Waals surface area contributed by atoms with Gasteiger partial charge in [0.05, 0.1) is 12.0 Å². The molecular formula is C14H15FN2O3S. The van der Waals surface area contributed by atoms with E-state index in [0.717, 1.165) is 11.8 Å². The highest BCUT2D eigenvalue weighted by Crippen LogP contribution is 2.23. The molecule has 0 bridgehead atoms. The summed E-state index contributed by atoms with van der Waals surface area (Å²) in [5, 5.41) is 2.93. The van der Waals surface area contributed by atoms with Gasteiger partial charge in [-0.3, -0.25) is 4.72 Å². The summed E-state index contributed by atoms with van der Waals surface area (Å²) in [5.74, 6) is -0.738. The molecule has 0 aliphatic carbocycles. The molecule has 0 aliphatic rings. The van der Waals surface area contributed by atoms with Crippen molar-refractivity contribution in [3.05, 3.63) is 48.3 Å². The van der Waals surface area contributed by atoms with Gasteiger partial charge in [-0.1, -0.05) is 0 Å². The summed E-state index contributed by atoms with van der Waals surface area (Å²) in [6.45, 7) is 0. The van der Waals surface area contributed by atoms with Gasteiger partial charge >= 0.3 is 0 Å². The first-order chi connectivity index (χ1) is 9.96. The highest BCUT2D eigenvalue weighted by Gasteiger charge is 2.16. The Kier molecular flexibility index (Phi) is 4.32. The zero-order valence-electron chi connectivity index (χ0n) is 11.6. The molecule has 0 fully saturated rings. The molecule has 0 unspecified atom stereocenters. The Morgan fingerprint density at radius 2 is 1.67 bits per heavy atom. The molecule has 2 N–H and O–H groups in total. The Labute approximate surface area is 122 Å². The highest BCUT2D eigenvalue weighted by molar-refractivity contribution is 7.92. The Morgan fingerprint density at radius 1 is 1.05 bits per heavy atom. The van der Waals surface area contributed by atoms with Crippen molar-refractivity contribution in [2.45, 2.75) is 4.90 Å². The maximum atomic E-state index is 13.6. The molecule has 0 aromatic heterocycles. The lowest BCUT2D eigenvalue weighted by molar-refractivity contribution is 0.385. The third kappa shape index (κ3) is 3.43. The van der Waals surface area contributed by atoms with E-state index in [4.69, 9.17) is 4.74 Å². The lowest BCUT2D eigenvalue weighted by atomic mass is 10.3. The standard InChI is InChI=1S/C14H15FN2O3S/c1-16-10-3-5-11(6-4-10)17-21(18,19)12-7-8-14(20-2)13(15)9-12/h3-9,16-17H,1-2H3. The number of ether oxygens (including phenoxy) is 1. The summed E-state index contributed by atoms with van der Waals surface area (Å²) in [5.41, 5.74) is 1.25. The molecule has 2 aromatic carbocycles. The van der Waals surface area contributed by atoms with Crippen molar-refractivity contribution in [2.24, 2.45) is 0 Å². The van der Waals surface area contributed by atoms with E-state index in [-0.39, 0.29) is 10.6 Å².